The first kappa shape index (κ1) is 12.7. The summed E-state index contributed by atoms with van der Waals surface area (Å²) in [6, 6.07) is 0. The molecule has 0 bridgehead atoms. The SMILES string of the molecule is OC(CNCC1CCOCO1)C(F)(F)F. The molecule has 0 spiro atoms. The van der Waals surface area contributed by atoms with Gasteiger partial charge in [0.25, 0.3) is 0 Å². The van der Waals surface area contributed by atoms with Gasteiger partial charge in [-0.2, -0.15) is 13.2 Å². The second kappa shape index (κ2) is 5.64. The van der Waals surface area contributed by atoms with Crippen LogP contribution in [0.4, 0.5) is 13.2 Å². The zero-order chi connectivity index (χ0) is 11.3. The first-order valence-electron chi connectivity index (χ1n) is 4.65. The van der Waals surface area contributed by atoms with E-state index in [1.54, 1.807) is 0 Å². The number of rotatable bonds is 4. The van der Waals surface area contributed by atoms with Gasteiger partial charge in [-0.25, -0.2) is 0 Å². The molecule has 2 N–H and O–H groups in total. The summed E-state index contributed by atoms with van der Waals surface area (Å²) in [5.74, 6) is 0. The van der Waals surface area contributed by atoms with E-state index in [4.69, 9.17) is 14.6 Å². The van der Waals surface area contributed by atoms with Crippen molar-refractivity contribution < 1.29 is 27.8 Å². The second-order valence-electron chi connectivity index (χ2n) is 3.32. The summed E-state index contributed by atoms with van der Waals surface area (Å²) in [6.45, 7) is 0.503. The fourth-order valence-corrected chi connectivity index (χ4v) is 1.16. The standard InChI is InChI=1S/C8H14F3NO3/c9-8(10,11)7(13)4-12-3-6-1-2-14-5-15-6/h6-7,12-13H,1-5H2. The summed E-state index contributed by atoms with van der Waals surface area (Å²) in [6.07, 6.45) is -6.38. The molecule has 0 aromatic carbocycles. The first-order chi connectivity index (χ1) is 7.00. The molecular weight excluding hydrogens is 215 g/mol. The molecule has 4 nitrogen and oxygen atoms in total. The molecule has 7 heteroatoms. The van der Waals surface area contributed by atoms with Crippen LogP contribution in [0.5, 0.6) is 0 Å². The van der Waals surface area contributed by atoms with Crippen LogP contribution in [0.2, 0.25) is 0 Å². The molecule has 0 aromatic rings. The van der Waals surface area contributed by atoms with E-state index >= 15 is 0 Å². The Balaban J connectivity index is 2.10. The molecule has 0 saturated carbocycles. The Morgan fingerprint density at radius 2 is 2.20 bits per heavy atom. The lowest BCUT2D eigenvalue weighted by atomic mass is 10.2. The predicted molar refractivity (Wildman–Crippen MR) is 45.2 cm³/mol. The highest BCUT2D eigenvalue weighted by Crippen LogP contribution is 2.19. The minimum absolute atomic E-state index is 0.140. The third-order valence-electron chi connectivity index (χ3n) is 2.06. The largest absolute Gasteiger partial charge is 0.415 e. The Morgan fingerprint density at radius 1 is 1.47 bits per heavy atom. The zero-order valence-corrected chi connectivity index (χ0v) is 8.09. The minimum Gasteiger partial charge on any atom is -0.382 e. The van der Waals surface area contributed by atoms with E-state index in [1.165, 1.54) is 0 Å². The highest BCUT2D eigenvalue weighted by atomic mass is 19.4. The molecule has 0 aromatic heterocycles. The third-order valence-corrected chi connectivity index (χ3v) is 2.06. The van der Waals surface area contributed by atoms with Crippen molar-refractivity contribution in [1.82, 2.24) is 5.32 Å². The normalized spacial score (nSPS) is 25.2. The van der Waals surface area contributed by atoms with Gasteiger partial charge in [0.15, 0.2) is 6.10 Å². The molecule has 2 atom stereocenters. The van der Waals surface area contributed by atoms with Crippen LogP contribution in [-0.4, -0.2) is 50.0 Å². The van der Waals surface area contributed by atoms with Crippen molar-refractivity contribution in [3.05, 3.63) is 0 Å². The fourth-order valence-electron chi connectivity index (χ4n) is 1.16. The molecule has 0 radical (unpaired) electrons. The molecule has 1 saturated heterocycles. The van der Waals surface area contributed by atoms with Crippen LogP contribution >= 0.6 is 0 Å². The van der Waals surface area contributed by atoms with E-state index in [0.29, 0.717) is 13.0 Å². The average molecular weight is 229 g/mol. The number of hydrogen-bond donors (Lipinski definition) is 2. The smallest absolute Gasteiger partial charge is 0.382 e. The maximum Gasteiger partial charge on any atom is 0.415 e. The van der Waals surface area contributed by atoms with Crippen LogP contribution in [0, 0.1) is 0 Å². The first-order valence-corrected chi connectivity index (χ1v) is 4.65. The van der Waals surface area contributed by atoms with Crippen molar-refractivity contribution in [3.8, 4) is 0 Å². The molecule has 90 valence electrons. The molecule has 1 rings (SSSR count). The van der Waals surface area contributed by atoms with E-state index in [9.17, 15) is 13.2 Å². The van der Waals surface area contributed by atoms with E-state index in [-0.39, 0.29) is 19.4 Å². The van der Waals surface area contributed by atoms with Gasteiger partial charge in [0, 0.05) is 13.1 Å². The molecule has 1 aliphatic heterocycles. The number of nitrogens with one attached hydrogen (secondary N) is 1. The van der Waals surface area contributed by atoms with Crippen LogP contribution in [0.3, 0.4) is 0 Å². The maximum atomic E-state index is 11.9. The quantitative estimate of drug-likeness (QED) is 0.726. The highest BCUT2D eigenvalue weighted by molar-refractivity contribution is 4.70. The topological polar surface area (TPSA) is 50.7 Å². The summed E-state index contributed by atoms with van der Waals surface area (Å²) in [5.41, 5.74) is 0. The van der Waals surface area contributed by atoms with E-state index in [2.05, 4.69) is 5.32 Å². The summed E-state index contributed by atoms with van der Waals surface area (Å²) < 4.78 is 45.6. The Morgan fingerprint density at radius 3 is 2.73 bits per heavy atom. The minimum atomic E-state index is -4.57. The maximum absolute atomic E-state index is 11.9. The molecule has 15 heavy (non-hydrogen) atoms. The Kier molecular flexibility index (Phi) is 4.78. The Hall–Kier alpha value is -0.370. The second-order valence-corrected chi connectivity index (χ2v) is 3.32. The molecule has 1 heterocycles. The van der Waals surface area contributed by atoms with Crippen molar-refractivity contribution >= 4 is 0 Å². The number of hydrogen-bond acceptors (Lipinski definition) is 4. The van der Waals surface area contributed by atoms with E-state index in [1.807, 2.05) is 0 Å². The lowest BCUT2D eigenvalue weighted by molar-refractivity contribution is -0.202. The lowest BCUT2D eigenvalue weighted by Crippen LogP contribution is -2.42. The van der Waals surface area contributed by atoms with Crippen molar-refractivity contribution in [2.24, 2.45) is 0 Å². The lowest BCUT2D eigenvalue weighted by Gasteiger charge is -2.23. The van der Waals surface area contributed by atoms with E-state index < -0.39 is 18.8 Å². The van der Waals surface area contributed by atoms with Crippen LogP contribution in [0.15, 0.2) is 0 Å². The third kappa shape index (κ3) is 4.78. The van der Waals surface area contributed by atoms with Crippen molar-refractivity contribution in [2.45, 2.75) is 24.8 Å². The Labute approximate surface area is 85.4 Å². The molecule has 0 amide bonds. The Bertz CT molecular complexity index is 182. The summed E-state index contributed by atoms with van der Waals surface area (Å²) in [7, 11) is 0. The fraction of sp³-hybridized carbons (Fsp3) is 1.00. The molecule has 1 aliphatic rings. The molecule has 0 aliphatic carbocycles. The number of aliphatic hydroxyl groups excluding tert-OH is 1. The van der Waals surface area contributed by atoms with Crippen molar-refractivity contribution in [2.75, 3.05) is 26.5 Å². The van der Waals surface area contributed by atoms with Gasteiger partial charge in [0.05, 0.1) is 12.7 Å². The number of alkyl halides is 3. The number of ether oxygens (including phenoxy) is 2. The summed E-state index contributed by atoms with van der Waals surface area (Å²) in [5, 5.41) is 11.2. The summed E-state index contributed by atoms with van der Waals surface area (Å²) >= 11 is 0. The highest BCUT2D eigenvalue weighted by Gasteiger charge is 2.37. The van der Waals surface area contributed by atoms with Crippen molar-refractivity contribution in [1.29, 1.82) is 0 Å². The monoisotopic (exact) mass is 229 g/mol. The van der Waals surface area contributed by atoms with E-state index in [0.717, 1.165) is 0 Å². The van der Waals surface area contributed by atoms with Crippen LogP contribution in [0.25, 0.3) is 0 Å². The molecule has 2 unspecified atom stereocenters. The van der Waals surface area contributed by atoms with Gasteiger partial charge in [0.2, 0.25) is 0 Å². The van der Waals surface area contributed by atoms with Gasteiger partial charge < -0.3 is 19.9 Å². The van der Waals surface area contributed by atoms with Gasteiger partial charge in [0.1, 0.15) is 6.79 Å². The van der Waals surface area contributed by atoms with Gasteiger partial charge in [-0.3, -0.25) is 0 Å². The predicted octanol–water partition coefficient (Wildman–Crippen LogP) is 0.262. The number of aliphatic hydroxyl groups is 1. The van der Waals surface area contributed by atoms with Crippen molar-refractivity contribution in [3.63, 3.8) is 0 Å². The molecular formula is C8H14F3NO3. The van der Waals surface area contributed by atoms with Gasteiger partial charge in [-0.15, -0.1) is 0 Å². The zero-order valence-electron chi connectivity index (χ0n) is 8.09. The van der Waals surface area contributed by atoms with Crippen LogP contribution in [-0.2, 0) is 9.47 Å². The number of halogens is 3. The summed E-state index contributed by atoms with van der Waals surface area (Å²) in [4.78, 5) is 0. The van der Waals surface area contributed by atoms with Crippen LogP contribution in [0.1, 0.15) is 6.42 Å². The van der Waals surface area contributed by atoms with Gasteiger partial charge in [-0.05, 0) is 6.42 Å². The average Bonchev–Trinajstić information content (AvgIpc) is 2.18. The van der Waals surface area contributed by atoms with Gasteiger partial charge >= 0.3 is 6.18 Å². The molecule has 1 fully saturated rings. The van der Waals surface area contributed by atoms with Crippen LogP contribution < -0.4 is 5.32 Å². The van der Waals surface area contributed by atoms with Gasteiger partial charge in [-0.1, -0.05) is 0 Å².